The summed E-state index contributed by atoms with van der Waals surface area (Å²) < 4.78 is 6.10. The first-order valence-corrected chi connectivity index (χ1v) is 7.04. The molecule has 1 aromatic carbocycles. The summed E-state index contributed by atoms with van der Waals surface area (Å²) in [4.78, 5) is 13.8. The molecule has 1 aromatic heterocycles. The zero-order chi connectivity index (χ0) is 13.4. The molecule has 100 valence electrons. The van der Waals surface area contributed by atoms with Crippen molar-refractivity contribution in [2.45, 2.75) is 19.1 Å². The van der Waals surface area contributed by atoms with E-state index in [9.17, 15) is 9.90 Å². The molecular weight excluding hydrogens is 310 g/mol. The Hall–Kier alpha value is -1.17. The van der Waals surface area contributed by atoms with Gasteiger partial charge in [0.2, 0.25) is 0 Å². The van der Waals surface area contributed by atoms with Crippen molar-refractivity contribution in [3.63, 3.8) is 0 Å². The summed E-state index contributed by atoms with van der Waals surface area (Å²) >= 11 is 3.37. The lowest BCUT2D eigenvalue weighted by atomic mass is 10.1. The maximum absolute atomic E-state index is 11.6. The Bertz CT molecular complexity index is 667. The van der Waals surface area contributed by atoms with Crippen LogP contribution in [-0.4, -0.2) is 29.2 Å². The van der Waals surface area contributed by atoms with Gasteiger partial charge in [0.15, 0.2) is 0 Å². The molecule has 1 atom stereocenters. The topological polar surface area (TPSA) is 53.7 Å². The van der Waals surface area contributed by atoms with Crippen molar-refractivity contribution >= 4 is 26.9 Å². The highest BCUT2D eigenvalue weighted by Crippen LogP contribution is 2.23. The Morgan fingerprint density at radius 1 is 1.42 bits per heavy atom. The smallest absolute Gasteiger partial charge is 0.336 e. The number of likely N-dealkylation sites (tertiary alicyclic amines) is 1. The van der Waals surface area contributed by atoms with Gasteiger partial charge in [0.1, 0.15) is 5.58 Å². The van der Waals surface area contributed by atoms with Crippen LogP contribution < -0.4 is 5.63 Å². The third-order valence-electron chi connectivity index (χ3n) is 3.43. The maximum atomic E-state index is 11.6. The molecule has 1 fully saturated rings. The van der Waals surface area contributed by atoms with Crippen LogP contribution in [-0.2, 0) is 6.54 Å². The van der Waals surface area contributed by atoms with Crippen LogP contribution in [0.2, 0.25) is 0 Å². The van der Waals surface area contributed by atoms with Gasteiger partial charge in [0, 0.05) is 35.6 Å². The number of aliphatic hydroxyl groups is 1. The molecule has 19 heavy (non-hydrogen) atoms. The highest BCUT2D eigenvalue weighted by molar-refractivity contribution is 9.10. The molecule has 1 saturated heterocycles. The van der Waals surface area contributed by atoms with E-state index >= 15 is 0 Å². The molecule has 2 heterocycles. The van der Waals surface area contributed by atoms with Crippen LogP contribution in [0, 0.1) is 0 Å². The maximum Gasteiger partial charge on any atom is 0.336 e. The van der Waals surface area contributed by atoms with E-state index in [-0.39, 0.29) is 11.7 Å². The van der Waals surface area contributed by atoms with Crippen molar-refractivity contribution in [3.05, 3.63) is 44.7 Å². The molecule has 5 heteroatoms. The lowest BCUT2D eigenvalue weighted by Crippen LogP contribution is -2.22. The highest BCUT2D eigenvalue weighted by Gasteiger charge is 2.21. The van der Waals surface area contributed by atoms with Crippen LogP contribution in [0.25, 0.3) is 11.0 Å². The van der Waals surface area contributed by atoms with Crippen molar-refractivity contribution in [2.75, 3.05) is 13.1 Å². The molecule has 0 saturated carbocycles. The van der Waals surface area contributed by atoms with Crippen LogP contribution in [0.15, 0.2) is 37.9 Å². The normalized spacial score (nSPS) is 20.2. The summed E-state index contributed by atoms with van der Waals surface area (Å²) in [6.07, 6.45) is 0.547. The number of hydrogen-bond acceptors (Lipinski definition) is 4. The standard InChI is InChI=1S/C14H14BrNO3/c15-10-1-2-12-9(5-14(18)19-13(12)6-10)7-16-4-3-11(17)8-16/h1-2,5-6,11,17H,3-4,7-8H2. The van der Waals surface area contributed by atoms with E-state index in [1.165, 1.54) is 0 Å². The van der Waals surface area contributed by atoms with Crippen LogP contribution in [0.4, 0.5) is 0 Å². The molecule has 0 bridgehead atoms. The average molecular weight is 324 g/mol. The second-order valence-electron chi connectivity index (χ2n) is 4.91. The number of fused-ring (bicyclic) bond motifs is 1. The fraction of sp³-hybridized carbons (Fsp3) is 0.357. The Morgan fingerprint density at radius 2 is 2.26 bits per heavy atom. The first kappa shape index (κ1) is 12.8. The molecule has 0 radical (unpaired) electrons. The molecule has 1 unspecified atom stereocenters. The van der Waals surface area contributed by atoms with Crippen LogP contribution in [0.5, 0.6) is 0 Å². The number of β-amino-alcohol motifs (C(OH)–C–C–N with tert-alkyl or cyclic N) is 1. The van der Waals surface area contributed by atoms with Crippen molar-refractivity contribution in [3.8, 4) is 0 Å². The van der Waals surface area contributed by atoms with Gasteiger partial charge in [-0.2, -0.15) is 0 Å². The summed E-state index contributed by atoms with van der Waals surface area (Å²) in [6.45, 7) is 2.19. The minimum absolute atomic E-state index is 0.250. The van der Waals surface area contributed by atoms with Gasteiger partial charge in [0.05, 0.1) is 6.10 Å². The van der Waals surface area contributed by atoms with Gasteiger partial charge >= 0.3 is 5.63 Å². The number of rotatable bonds is 2. The van der Waals surface area contributed by atoms with Gasteiger partial charge in [-0.1, -0.05) is 15.9 Å². The molecule has 0 amide bonds. The molecule has 1 aliphatic heterocycles. The Morgan fingerprint density at radius 3 is 3.00 bits per heavy atom. The average Bonchev–Trinajstić information content (AvgIpc) is 2.74. The highest BCUT2D eigenvalue weighted by atomic mass is 79.9. The summed E-state index contributed by atoms with van der Waals surface area (Å²) in [7, 11) is 0. The summed E-state index contributed by atoms with van der Waals surface area (Å²) in [5, 5.41) is 10.5. The Kier molecular flexibility index (Phi) is 3.43. The van der Waals surface area contributed by atoms with E-state index in [0.29, 0.717) is 18.7 Å². The fourth-order valence-electron chi connectivity index (χ4n) is 2.53. The van der Waals surface area contributed by atoms with E-state index in [1.807, 2.05) is 12.1 Å². The quantitative estimate of drug-likeness (QED) is 0.860. The minimum atomic E-state index is -0.333. The van der Waals surface area contributed by atoms with Crippen molar-refractivity contribution in [1.29, 1.82) is 0 Å². The SMILES string of the molecule is O=c1cc(CN2CCC(O)C2)c2ccc(Br)cc2o1. The van der Waals surface area contributed by atoms with E-state index in [0.717, 1.165) is 28.4 Å². The van der Waals surface area contributed by atoms with E-state index < -0.39 is 0 Å². The molecule has 3 rings (SSSR count). The van der Waals surface area contributed by atoms with Crippen molar-refractivity contribution in [2.24, 2.45) is 0 Å². The predicted octanol–water partition coefficient (Wildman–Crippen LogP) is 2.12. The van der Waals surface area contributed by atoms with Gasteiger partial charge in [-0.05, 0) is 30.2 Å². The van der Waals surface area contributed by atoms with Gasteiger partial charge < -0.3 is 9.52 Å². The largest absolute Gasteiger partial charge is 0.423 e. The molecule has 2 aromatic rings. The van der Waals surface area contributed by atoms with Crippen LogP contribution in [0.1, 0.15) is 12.0 Å². The Labute approximate surface area is 118 Å². The van der Waals surface area contributed by atoms with Crippen molar-refractivity contribution in [1.82, 2.24) is 4.90 Å². The number of benzene rings is 1. The minimum Gasteiger partial charge on any atom is -0.423 e. The number of halogens is 1. The van der Waals surface area contributed by atoms with Gasteiger partial charge in [0.25, 0.3) is 0 Å². The monoisotopic (exact) mass is 323 g/mol. The van der Waals surface area contributed by atoms with E-state index in [2.05, 4.69) is 20.8 Å². The summed E-state index contributed by atoms with van der Waals surface area (Å²) in [6, 6.07) is 7.23. The van der Waals surface area contributed by atoms with Gasteiger partial charge in [-0.25, -0.2) is 4.79 Å². The third kappa shape index (κ3) is 2.73. The lowest BCUT2D eigenvalue weighted by molar-refractivity contribution is 0.175. The Balaban J connectivity index is 2.00. The third-order valence-corrected chi connectivity index (χ3v) is 3.93. The van der Waals surface area contributed by atoms with Crippen molar-refractivity contribution < 1.29 is 9.52 Å². The molecule has 4 nitrogen and oxygen atoms in total. The zero-order valence-electron chi connectivity index (χ0n) is 10.3. The van der Waals surface area contributed by atoms with E-state index in [4.69, 9.17) is 4.42 Å². The molecule has 0 spiro atoms. The van der Waals surface area contributed by atoms with Gasteiger partial charge in [-0.15, -0.1) is 0 Å². The van der Waals surface area contributed by atoms with E-state index in [1.54, 1.807) is 12.1 Å². The lowest BCUT2D eigenvalue weighted by Gasteiger charge is -2.15. The number of hydrogen-bond donors (Lipinski definition) is 1. The first-order chi connectivity index (χ1) is 9.11. The summed E-state index contributed by atoms with van der Waals surface area (Å²) in [5.74, 6) is 0. The predicted molar refractivity (Wildman–Crippen MR) is 76.1 cm³/mol. The molecular formula is C14H14BrNO3. The van der Waals surface area contributed by atoms with Crippen LogP contribution in [0.3, 0.4) is 0 Å². The molecule has 1 N–H and O–H groups in total. The number of aliphatic hydroxyl groups excluding tert-OH is 1. The fourth-order valence-corrected chi connectivity index (χ4v) is 2.87. The summed E-state index contributed by atoms with van der Waals surface area (Å²) in [5.41, 5.74) is 1.21. The van der Waals surface area contributed by atoms with Crippen LogP contribution >= 0.6 is 15.9 Å². The number of nitrogens with zero attached hydrogens (tertiary/aromatic N) is 1. The van der Waals surface area contributed by atoms with Gasteiger partial charge in [-0.3, -0.25) is 4.90 Å². The second kappa shape index (κ2) is 5.07. The molecule has 0 aliphatic carbocycles. The zero-order valence-corrected chi connectivity index (χ0v) is 11.9. The first-order valence-electron chi connectivity index (χ1n) is 6.24. The molecule has 1 aliphatic rings. The second-order valence-corrected chi connectivity index (χ2v) is 5.82.